The van der Waals surface area contributed by atoms with Gasteiger partial charge in [0.25, 0.3) is 0 Å². The van der Waals surface area contributed by atoms with Crippen molar-refractivity contribution in [2.75, 3.05) is 7.11 Å². The van der Waals surface area contributed by atoms with Crippen molar-refractivity contribution in [1.82, 2.24) is 19.6 Å². The van der Waals surface area contributed by atoms with E-state index in [-0.39, 0.29) is 28.7 Å². The molecule has 2 heterocycles. The Morgan fingerprint density at radius 3 is 2.55 bits per heavy atom. The minimum absolute atomic E-state index is 0.0664. The molecule has 2 aromatic carbocycles. The zero-order chi connectivity index (χ0) is 20.7. The van der Waals surface area contributed by atoms with E-state index in [4.69, 9.17) is 4.74 Å². The van der Waals surface area contributed by atoms with Crippen LogP contribution in [-0.2, 0) is 18.3 Å². The molecule has 4 aromatic rings. The van der Waals surface area contributed by atoms with Crippen LogP contribution in [0.15, 0.2) is 42.7 Å². The number of fused-ring (bicyclic) bond motifs is 1. The van der Waals surface area contributed by atoms with Crippen LogP contribution >= 0.6 is 0 Å². The molecule has 0 saturated heterocycles. The predicted octanol–water partition coefficient (Wildman–Crippen LogP) is 3.69. The summed E-state index contributed by atoms with van der Waals surface area (Å²) in [5, 5.41) is 7.89. The number of halogens is 3. The Bertz CT molecular complexity index is 1250. The van der Waals surface area contributed by atoms with Gasteiger partial charge in [0.05, 0.1) is 30.8 Å². The molecule has 0 fully saturated rings. The van der Waals surface area contributed by atoms with Crippen LogP contribution in [0.4, 0.5) is 13.2 Å². The Balaban J connectivity index is 1.78. The van der Waals surface area contributed by atoms with Crippen molar-refractivity contribution in [1.29, 1.82) is 0 Å². The lowest BCUT2D eigenvalue weighted by molar-refractivity contribution is 0.0589. The summed E-state index contributed by atoms with van der Waals surface area (Å²) >= 11 is 0. The van der Waals surface area contributed by atoms with Gasteiger partial charge in [-0.3, -0.25) is 9.36 Å². The van der Waals surface area contributed by atoms with Crippen molar-refractivity contribution in [2.24, 2.45) is 7.05 Å². The molecule has 0 aliphatic carbocycles. The lowest BCUT2D eigenvalue weighted by Crippen LogP contribution is -2.14. The second-order valence-electron chi connectivity index (χ2n) is 6.46. The molecule has 0 N–H and O–H groups in total. The third kappa shape index (κ3) is 3.24. The van der Waals surface area contributed by atoms with Gasteiger partial charge in [-0.15, -0.1) is 0 Å². The first-order valence-electron chi connectivity index (χ1n) is 8.59. The third-order valence-corrected chi connectivity index (χ3v) is 4.59. The van der Waals surface area contributed by atoms with Crippen molar-refractivity contribution in [3.8, 4) is 11.1 Å². The molecule has 0 aliphatic heterocycles. The van der Waals surface area contributed by atoms with Gasteiger partial charge < -0.3 is 4.74 Å². The fourth-order valence-corrected chi connectivity index (χ4v) is 3.16. The number of aromatic nitrogens is 4. The molecule has 4 rings (SSSR count). The number of hydrogen-bond acceptors (Lipinski definition) is 4. The summed E-state index contributed by atoms with van der Waals surface area (Å²) in [6, 6.07) is 6.75. The van der Waals surface area contributed by atoms with Gasteiger partial charge >= 0.3 is 5.97 Å². The van der Waals surface area contributed by atoms with Crippen molar-refractivity contribution >= 4 is 16.9 Å². The molecule has 29 heavy (non-hydrogen) atoms. The topological polar surface area (TPSA) is 61.9 Å². The number of aryl methyl sites for hydroxylation is 1. The molecule has 6 nitrogen and oxygen atoms in total. The molecule has 0 radical (unpaired) electrons. The van der Waals surface area contributed by atoms with E-state index in [1.165, 1.54) is 12.1 Å². The summed E-state index contributed by atoms with van der Waals surface area (Å²) in [7, 11) is 2.87. The van der Waals surface area contributed by atoms with E-state index in [1.807, 2.05) is 0 Å². The Morgan fingerprint density at radius 2 is 1.90 bits per heavy atom. The molecular weight excluding hydrogens is 385 g/mol. The van der Waals surface area contributed by atoms with Gasteiger partial charge in [-0.1, -0.05) is 12.1 Å². The lowest BCUT2D eigenvalue weighted by atomic mass is 10.1. The Labute approximate surface area is 163 Å². The van der Waals surface area contributed by atoms with Crippen LogP contribution in [0.2, 0.25) is 0 Å². The second-order valence-corrected chi connectivity index (χ2v) is 6.46. The summed E-state index contributed by atoms with van der Waals surface area (Å²) in [5.74, 6) is -3.76. The number of rotatable bonds is 4. The Kier molecular flexibility index (Phi) is 4.57. The fraction of sp³-hybridized carbons (Fsp3) is 0.150. The van der Waals surface area contributed by atoms with Crippen LogP contribution in [0.5, 0.6) is 0 Å². The molecule has 0 atom stereocenters. The molecule has 0 amide bonds. The number of methoxy groups -OCH3 is 1. The maximum atomic E-state index is 14.7. The maximum Gasteiger partial charge on any atom is 0.357 e. The van der Waals surface area contributed by atoms with Gasteiger partial charge in [0.2, 0.25) is 0 Å². The van der Waals surface area contributed by atoms with E-state index in [2.05, 4.69) is 10.2 Å². The van der Waals surface area contributed by atoms with Crippen LogP contribution in [-0.4, -0.2) is 32.6 Å². The molecule has 0 unspecified atom stereocenters. The zero-order valence-electron chi connectivity index (χ0n) is 15.5. The van der Waals surface area contributed by atoms with Gasteiger partial charge in [0.15, 0.2) is 17.3 Å². The summed E-state index contributed by atoms with van der Waals surface area (Å²) in [6.45, 7) is -0.167. The van der Waals surface area contributed by atoms with Crippen LogP contribution in [0, 0.1) is 17.5 Å². The smallest absolute Gasteiger partial charge is 0.357 e. The summed E-state index contributed by atoms with van der Waals surface area (Å²) < 4.78 is 50.1. The zero-order valence-corrected chi connectivity index (χ0v) is 15.5. The highest BCUT2D eigenvalue weighted by molar-refractivity contribution is 6.02. The van der Waals surface area contributed by atoms with E-state index in [0.29, 0.717) is 5.56 Å². The number of carbonyl (C=O) groups excluding carboxylic acids is 1. The minimum Gasteiger partial charge on any atom is -0.464 e. The van der Waals surface area contributed by atoms with Crippen molar-refractivity contribution < 1.29 is 22.7 Å². The molecule has 2 aromatic heterocycles. The summed E-state index contributed by atoms with van der Waals surface area (Å²) in [6.07, 6.45) is 3.36. The summed E-state index contributed by atoms with van der Waals surface area (Å²) in [5.41, 5.74) is 1.38. The largest absolute Gasteiger partial charge is 0.464 e. The van der Waals surface area contributed by atoms with Crippen LogP contribution in [0.25, 0.3) is 22.0 Å². The number of ether oxygens (including phenoxy) is 1. The molecule has 0 saturated carbocycles. The Morgan fingerprint density at radius 1 is 1.10 bits per heavy atom. The van der Waals surface area contributed by atoms with E-state index < -0.39 is 23.4 Å². The van der Waals surface area contributed by atoms with E-state index in [0.717, 1.165) is 23.4 Å². The van der Waals surface area contributed by atoms with Gasteiger partial charge in [-0.2, -0.15) is 10.2 Å². The van der Waals surface area contributed by atoms with Gasteiger partial charge in [0.1, 0.15) is 5.82 Å². The average Bonchev–Trinajstić information content (AvgIpc) is 3.29. The fourth-order valence-electron chi connectivity index (χ4n) is 3.16. The second kappa shape index (κ2) is 7.08. The van der Waals surface area contributed by atoms with Gasteiger partial charge in [0, 0.05) is 24.4 Å². The van der Waals surface area contributed by atoms with Crippen molar-refractivity contribution in [2.45, 2.75) is 6.54 Å². The van der Waals surface area contributed by atoms with Crippen molar-refractivity contribution in [3.05, 3.63) is 71.4 Å². The quantitative estimate of drug-likeness (QED) is 0.490. The standard InChI is InChI=1S/C20H15F3N4O2/c1-26-9-13(8-24-26)11-3-4-12(15(22)7-11)10-27-19(20(28)29-2)17-16(25-27)6-5-14(21)18(17)23/h3-9H,10H2,1-2H3. The van der Waals surface area contributed by atoms with E-state index in [1.54, 1.807) is 36.3 Å². The normalized spacial score (nSPS) is 11.2. The van der Waals surface area contributed by atoms with Gasteiger partial charge in [-0.25, -0.2) is 18.0 Å². The first-order valence-corrected chi connectivity index (χ1v) is 8.59. The molecular formula is C20H15F3N4O2. The molecule has 0 spiro atoms. The SMILES string of the molecule is COC(=O)c1c2c(F)c(F)ccc2nn1Cc1ccc(-c2cnn(C)c2)cc1F. The lowest BCUT2D eigenvalue weighted by Gasteiger charge is -2.09. The molecule has 148 valence electrons. The first-order chi connectivity index (χ1) is 13.9. The number of carbonyl (C=O) groups is 1. The Hall–Kier alpha value is -3.62. The first kappa shape index (κ1) is 18.7. The van der Waals surface area contributed by atoms with Crippen LogP contribution < -0.4 is 0 Å². The number of esters is 1. The maximum absolute atomic E-state index is 14.7. The van der Waals surface area contributed by atoms with E-state index in [9.17, 15) is 18.0 Å². The number of benzene rings is 2. The summed E-state index contributed by atoms with van der Waals surface area (Å²) in [4.78, 5) is 12.2. The number of nitrogens with zero attached hydrogens (tertiary/aromatic N) is 4. The average molecular weight is 400 g/mol. The molecule has 0 aliphatic rings. The third-order valence-electron chi connectivity index (χ3n) is 4.59. The van der Waals surface area contributed by atoms with Crippen LogP contribution in [0.3, 0.4) is 0 Å². The highest BCUT2D eigenvalue weighted by atomic mass is 19.2. The monoisotopic (exact) mass is 400 g/mol. The molecule has 9 heteroatoms. The highest BCUT2D eigenvalue weighted by Crippen LogP contribution is 2.27. The molecule has 0 bridgehead atoms. The van der Waals surface area contributed by atoms with Crippen molar-refractivity contribution in [3.63, 3.8) is 0 Å². The van der Waals surface area contributed by atoms with E-state index >= 15 is 0 Å². The van der Waals surface area contributed by atoms with Gasteiger partial charge in [-0.05, 0) is 23.8 Å². The minimum atomic E-state index is -1.21. The van der Waals surface area contributed by atoms with Crippen LogP contribution in [0.1, 0.15) is 16.1 Å². The number of hydrogen-bond donors (Lipinski definition) is 0. The highest BCUT2D eigenvalue weighted by Gasteiger charge is 2.24. The predicted molar refractivity (Wildman–Crippen MR) is 98.7 cm³/mol.